The van der Waals surface area contributed by atoms with E-state index < -0.39 is 0 Å². The van der Waals surface area contributed by atoms with E-state index in [1.165, 1.54) is 84.1 Å². The number of allylic oxidation sites excluding steroid dienone is 1. The van der Waals surface area contributed by atoms with E-state index in [4.69, 9.17) is 13.1 Å². The molecule has 204 valence electrons. The number of thiophene rings is 4. The number of hydrogen-bond donors (Lipinski definition) is 0. The van der Waals surface area contributed by atoms with Gasteiger partial charge in [-0.25, -0.2) is 15.4 Å². The molecule has 0 N–H and O–H groups in total. The van der Waals surface area contributed by atoms with Crippen LogP contribution in [0.3, 0.4) is 0 Å². The lowest BCUT2D eigenvalue weighted by molar-refractivity contribution is 0.355. The van der Waals surface area contributed by atoms with Gasteiger partial charge in [0, 0.05) is 37.8 Å². The predicted molar refractivity (Wildman–Crippen MR) is 174 cm³/mol. The fourth-order valence-electron chi connectivity index (χ4n) is 8.11. The summed E-state index contributed by atoms with van der Waals surface area (Å²) in [4.78, 5) is 17.6. The molecule has 4 aromatic heterocycles. The zero-order valence-corrected chi connectivity index (χ0v) is 25.9. The van der Waals surface area contributed by atoms with Crippen LogP contribution < -0.4 is 0 Å². The van der Waals surface area contributed by atoms with Crippen molar-refractivity contribution in [3.05, 3.63) is 67.8 Å². The summed E-state index contributed by atoms with van der Waals surface area (Å²) >= 11 is 7.36. The van der Waals surface area contributed by atoms with Gasteiger partial charge in [-0.3, -0.25) is 0 Å². The zero-order valence-electron chi connectivity index (χ0n) is 22.7. The molecule has 4 aliphatic rings. The topological polar surface area (TPSA) is 68.7 Å². The van der Waals surface area contributed by atoms with Crippen LogP contribution in [0, 0.1) is 35.8 Å². The number of hydrogen-bond acceptors (Lipinski definition) is 7. The second-order valence-electron chi connectivity index (χ2n) is 11.7. The van der Waals surface area contributed by atoms with E-state index in [2.05, 4.69) is 26.8 Å². The van der Waals surface area contributed by atoms with Gasteiger partial charge in [0.2, 0.25) is 5.00 Å². The number of nitrogens with zero attached hydrogens (tertiary/aromatic N) is 5. The summed E-state index contributed by atoms with van der Waals surface area (Å²) in [6.45, 7) is 14.7. The molecule has 5 nitrogen and oxygen atoms in total. The third kappa shape index (κ3) is 3.37. The van der Waals surface area contributed by atoms with Crippen molar-refractivity contribution < 1.29 is 0 Å². The van der Waals surface area contributed by atoms with Gasteiger partial charge in [0.1, 0.15) is 6.07 Å². The van der Waals surface area contributed by atoms with Crippen molar-refractivity contribution in [1.29, 1.82) is 10.5 Å². The molecule has 0 aromatic carbocycles. The lowest BCUT2D eigenvalue weighted by Gasteiger charge is -2.35. The Balaban J connectivity index is 1.37. The van der Waals surface area contributed by atoms with Crippen molar-refractivity contribution in [3.8, 4) is 31.6 Å². The molecule has 0 unspecified atom stereocenters. The van der Waals surface area contributed by atoms with Gasteiger partial charge in [0.15, 0.2) is 0 Å². The van der Waals surface area contributed by atoms with Crippen molar-refractivity contribution in [2.75, 3.05) is 0 Å². The standard InChI is InChI=1S/C33H23N5S4/c1-36-18(16-34)13-19-14-20-26(39-19)28-24(32(20)9-5-3-6-10-32)30-31(41-28)25-29(42-30)27-21(33(25)11-7-4-8-12-33)15-23(40-27)38-22(17-35)37-2/h13-15H,3-12H2/b18-13+,38-22?. The first-order valence-electron chi connectivity index (χ1n) is 14.3. The third-order valence-electron chi connectivity index (χ3n) is 9.74. The Labute approximate surface area is 260 Å². The highest BCUT2D eigenvalue weighted by atomic mass is 32.1. The van der Waals surface area contributed by atoms with Crippen LogP contribution in [-0.4, -0.2) is 5.84 Å². The Morgan fingerprint density at radius 2 is 1.31 bits per heavy atom. The molecule has 9 heteroatoms. The van der Waals surface area contributed by atoms with E-state index in [0.717, 1.165) is 35.6 Å². The molecule has 0 atom stereocenters. The molecule has 0 saturated heterocycles. The molecule has 2 spiro atoms. The second kappa shape index (κ2) is 9.47. The molecule has 42 heavy (non-hydrogen) atoms. The van der Waals surface area contributed by atoms with E-state index in [9.17, 15) is 10.5 Å². The molecule has 4 aromatic rings. The average Bonchev–Trinajstić information content (AvgIpc) is 3.84. The Bertz CT molecular complexity index is 1870. The van der Waals surface area contributed by atoms with Gasteiger partial charge >= 0.3 is 5.84 Å². The molecular weight excluding hydrogens is 595 g/mol. The zero-order chi connectivity index (χ0) is 28.6. The monoisotopic (exact) mass is 617 g/mol. The summed E-state index contributed by atoms with van der Waals surface area (Å²) in [5, 5.41) is 19.5. The largest absolute Gasteiger partial charge is 0.351 e. The van der Waals surface area contributed by atoms with Crippen LogP contribution in [0.1, 0.15) is 91.3 Å². The maximum Gasteiger partial charge on any atom is 0.350 e. The molecule has 2 saturated carbocycles. The minimum atomic E-state index is -0.101. The predicted octanol–water partition coefficient (Wildman–Crippen LogP) is 10.8. The van der Waals surface area contributed by atoms with Crippen molar-refractivity contribution in [2.24, 2.45) is 4.99 Å². The molecule has 0 bridgehead atoms. The van der Waals surface area contributed by atoms with Crippen LogP contribution in [0.5, 0.6) is 0 Å². The lowest BCUT2D eigenvalue weighted by atomic mass is 9.67. The Morgan fingerprint density at radius 1 is 0.738 bits per heavy atom. The maximum absolute atomic E-state index is 9.40. The first-order valence-corrected chi connectivity index (χ1v) is 17.6. The van der Waals surface area contributed by atoms with Gasteiger partial charge in [-0.1, -0.05) is 61.4 Å². The lowest BCUT2D eigenvalue weighted by Crippen LogP contribution is -2.28. The van der Waals surface area contributed by atoms with Crippen LogP contribution in [0.4, 0.5) is 5.00 Å². The van der Waals surface area contributed by atoms with Crippen LogP contribution >= 0.6 is 45.3 Å². The summed E-state index contributed by atoms with van der Waals surface area (Å²) in [5.74, 6) is -0.101. The summed E-state index contributed by atoms with van der Waals surface area (Å²) < 4.78 is 2.93. The van der Waals surface area contributed by atoms with E-state index in [1.807, 2.05) is 34.8 Å². The fraction of sp³-hybridized carbons (Fsp3) is 0.364. The minimum Gasteiger partial charge on any atom is -0.351 e. The molecule has 0 aliphatic heterocycles. The molecular formula is C33H23N5S4. The van der Waals surface area contributed by atoms with Crippen molar-refractivity contribution in [3.63, 3.8) is 0 Å². The third-order valence-corrected chi connectivity index (χ3v) is 14.7. The summed E-state index contributed by atoms with van der Waals surface area (Å²) in [5.41, 5.74) is 6.01. The van der Waals surface area contributed by atoms with Crippen LogP contribution in [0.15, 0.2) is 22.8 Å². The van der Waals surface area contributed by atoms with Gasteiger partial charge < -0.3 is 4.85 Å². The summed E-state index contributed by atoms with van der Waals surface area (Å²) in [6.07, 6.45) is 13.7. The highest BCUT2D eigenvalue weighted by Crippen LogP contribution is 2.69. The van der Waals surface area contributed by atoms with Crippen molar-refractivity contribution in [2.45, 2.75) is 75.0 Å². The van der Waals surface area contributed by atoms with Gasteiger partial charge in [-0.15, -0.1) is 34.0 Å². The first kappa shape index (κ1) is 26.1. The average molecular weight is 618 g/mol. The Hall–Kier alpha value is -3.57. The van der Waals surface area contributed by atoms with E-state index in [1.54, 1.807) is 34.3 Å². The molecule has 2 fully saturated rings. The van der Waals surface area contributed by atoms with Crippen molar-refractivity contribution in [1.82, 2.24) is 0 Å². The number of nitriles is 2. The molecule has 0 amide bonds. The number of fused-ring (bicyclic) bond motifs is 13. The second-order valence-corrected chi connectivity index (χ2v) is 15.8. The number of aliphatic imine (C=N–C) groups is 1. The Morgan fingerprint density at radius 3 is 1.83 bits per heavy atom. The van der Waals surface area contributed by atoms with Gasteiger partial charge in [0.05, 0.1) is 36.7 Å². The molecule has 4 heterocycles. The van der Waals surface area contributed by atoms with Crippen molar-refractivity contribution >= 4 is 71.7 Å². The molecule has 4 aliphatic carbocycles. The van der Waals surface area contributed by atoms with Gasteiger partial charge in [0.25, 0.3) is 5.70 Å². The van der Waals surface area contributed by atoms with Gasteiger partial charge in [-0.2, -0.15) is 0 Å². The highest BCUT2D eigenvalue weighted by Gasteiger charge is 2.52. The first-order chi connectivity index (χ1) is 20.6. The van der Waals surface area contributed by atoms with E-state index in [0.29, 0.717) is 0 Å². The summed E-state index contributed by atoms with van der Waals surface area (Å²) in [7, 11) is 0. The highest BCUT2D eigenvalue weighted by molar-refractivity contribution is 7.34. The van der Waals surface area contributed by atoms with E-state index >= 15 is 0 Å². The number of amidine groups is 1. The quantitative estimate of drug-likeness (QED) is 0.0972. The SMILES string of the molecule is [C-]#[N+]C(C#N)=Nc1cc2c(s1)-c1sc3c4c(sc3c1C21CCCCC1)-c1sc(/C=C(\C#N)[N+]#[C-])cc1C41CCCCC1. The fourth-order valence-corrected chi connectivity index (χ4v) is 14.0. The normalized spacial score (nSPS) is 19.5. The van der Waals surface area contributed by atoms with E-state index in [-0.39, 0.29) is 22.4 Å². The Kier molecular flexibility index (Phi) is 5.88. The smallest absolute Gasteiger partial charge is 0.350 e. The number of rotatable bonds is 2. The van der Waals surface area contributed by atoms with Crippen LogP contribution in [0.2, 0.25) is 0 Å². The van der Waals surface area contributed by atoms with Gasteiger partial charge in [-0.05, 0) is 49.0 Å². The summed E-state index contributed by atoms with van der Waals surface area (Å²) in [6, 6.07) is 8.43. The molecule has 0 radical (unpaired) electrons. The minimum absolute atomic E-state index is 0.0120. The van der Waals surface area contributed by atoms with Crippen LogP contribution in [-0.2, 0) is 10.8 Å². The molecule has 8 rings (SSSR count). The maximum atomic E-state index is 9.40. The van der Waals surface area contributed by atoms with Crippen LogP contribution in [0.25, 0.3) is 44.7 Å².